The number of ether oxygens (including phenoxy) is 1. The third kappa shape index (κ3) is 3.40. The number of halogens is 5. The van der Waals surface area contributed by atoms with Gasteiger partial charge in [-0.25, -0.2) is 4.52 Å². The SMILES string of the molecule is FC(F)(F)C(F)(F)COc1cccn2nc(N[C@@H]3[C@@H]4CC[C@H]3CNC4)nc12. The summed E-state index contributed by atoms with van der Waals surface area (Å²) in [5.41, 5.74) is 0.0826. The number of piperidine rings is 1. The molecule has 148 valence electrons. The molecule has 6 nitrogen and oxygen atoms in total. The number of hydrogen-bond acceptors (Lipinski definition) is 5. The normalized spacial score (nSPS) is 25.7. The average molecular weight is 391 g/mol. The lowest BCUT2D eigenvalue weighted by atomic mass is 9.94. The van der Waals surface area contributed by atoms with E-state index in [1.807, 2.05) is 0 Å². The van der Waals surface area contributed by atoms with Gasteiger partial charge in [-0.05, 0) is 49.9 Å². The van der Waals surface area contributed by atoms with E-state index >= 15 is 0 Å². The number of fused-ring (bicyclic) bond motifs is 3. The smallest absolute Gasteiger partial charge is 0.456 e. The van der Waals surface area contributed by atoms with Gasteiger partial charge in [-0.2, -0.15) is 26.9 Å². The quantitative estimate of drug-likeness (QED) is 0.768. The molecule has 2 bridgehead atoms. The van der Waals surface area contributed by atoms with Gasteiger partial charge < -0.3 is 15.4 Å². The molecule has 0 aromatic carbocycles. The summed E-state index contributed by atoms with van der Waals surface area (Å²) in [5.74, 6) is -3.92. The molecule has 0 amide bonds. The van der Waals surface area contributed by atoms with E-state index in [2.05, 4.69) is 20.7 Å². The van der Waals surface area contributed by atoms with Crippen LogP contribution in [0.5, 0.6) is 5.75 Å². The summed E-state index contributed by atoms with van der Waals surface area (Å²) in [7, 11) is 0. The van der Waals surface area contributed by atoms with Crippen LogP contribution in [0.2, 0.25) is 0 Å². The largest absolute Gasteiger partial charge is 0.483 e. The Morgan fingerprint density at radius 1 is 1.19 bits per heavy atom. The predicted molar refractivity (Wildman–Crippen MR) is 86.0 cm³/mol. The second-order valence-electron chi connectivity index (χ2n) is 6.99. The molecule has 1 saturated carbocycles. The Morgan fingerprint density at radius 3 is 2.56 bits per heavy atom. The van der Waals surface area contributed by atoms with E-state index < -0.39 is 18.7 Å². The molecule has 27 heavy (non-hydrogen) atoms. The molecule has 1 aliphatic heterocycles. The third-order valence-electron chi connectivity index (χ3n) is 5.18. The van der Waals surface area contributed by atoms with E-state index in [1.54, 1.807) is 0 Å². The van der Waals surface area contributed by atoms with Gasteiger partial charge in [0.25, 0.3) is 0 Å². The van der Waals surface area contributed by atoms with Crippen molar-refractivity contribution in [2.24, 2.45) is 11.8 Å². The minimum absolute atomic E-state index is 0.0826. The molecule has 2 N–H and O–H groups in total. The van der Waals surface area contributed by atoms with E-state index in [4.69, 9.17) is 4.74 Å². The first-order valence-electron chi connectivity index (χ1n) is 8.64. The lowest BCUT2D eigenvalue weighted by Gasteiger charge is -2.30. The second kappa shape index (κ2) is 6.47. The molecule has 2 aromatic heterocycles. The summed E-state index contributed by atoms with van der Waals surface area (Å²) in [4.78, 5) is 4.24. The number of rotatable bonds is 5. The van der Waals surface area contributed by atoms with Crippen molar-refractivity contribution in [1.29, 1.82) is 0 Å². The van der Waals surface area contributed by atoms with Crippen LogP contribution in [0.1, 0.15) is 12.8 Å². The van der Waals surface area contributed by atoms with E-state index in [9.17, 15) is 22.0 Å². The van der Waals surface area contributed by atoms with Crippen LogP contribution in [0.25, 0.3) is 5.65 Å². The summed E-state index contributed by atoms with van der Waals surface area (Å²) in [6, 6.07) is 2.94. The molecule has 1 saturated heterocycles. The number of hydrogen-bond donors (Lipinski definition) is 2. The summed E-state index contributed by atoms with van der Waals surface area (Å²) >= 11 is 0. The van der Waals surface area contributed by atoms with Crippen LogP contribution in [-0.4, -0.2) is 52.4 Å². The van der Waals surface area contributed by atoms with Crippen molar-refractivity contribution in [1.82, 2.24) is 19.9 Å². The van der Waals surface area contributed by atoms with Gasteiger partial charge in [-0.3, -0.25) is 0 Å². The molecule has 3 atom stereocenters. The Kier molecular flexibility index (Phi) is 4.36. The number of nitrogens with one attached hydrogen (secondary N) is 2. The number of aromatic nitrogens is 3. The molecule has 0 unspecified atom stereocenters. The standard InChI is InChI=1S/C16H18F5N5O/c17-15(18,16(19,20)21)8-27-11-2-1-5-26-13(11)24-14(25-26)23-12-9-3-4-10(12)7-22-6-9/h1-2,5,9-10,12,22H,3-4,6-8H2,(H,23,25)/t9-,10+,12-. The van der Waals surface area contributed by atoms with Gasteiger partial charge in [0.2, 0.25) is 5.95 Å². The summed E-state index contributed by atoms with van der Waals surface area (Å²) in [6.07, 6.45) is -1.95. The number of alkyl halides is 5. The summed E-state index contributed by atoms with van der Waals surface area (Å²) in [6.45, 7) is -0.00488. The zero-order valence-electron chi connectivity index (χ0n) is 14.1. The Labute approximate surface area is 151 Å². The first-order chi connectivity index (χ1) is 12.7. The lowest BCUT2D eigenvalue weighted by molar-refractivity contribution is -0.289. The number of pyridine rings is 1. The second-order valence-corrected chi connectivity index (χ2v) is 6.99. The van der Waals surface area contributed by atoms with Crippen molar-refractivity contribution in [3.05, 3.63) is 18.3 Å². The van der Waals surface area contributed by atoms with Gasteiger partial charge in [-0.1, -0.05) is 0 Å². The van der Waals surface area contributed by atoms with Crippen LogP contribution in [-0.2, 0) is 0 Å². The monoisotopic (exact) mass is 391 g/mol. The fourth-order valence-electron chi connectivity index (χ4n) is 3.77. The van der Waals surface area contributed by atoms with Crippen molar-refractivity contribution < 1.29 is 26.7 Å². The van der Waals surface area contributed by atoms with E-state index in [0.29, 0.717) is 17.8 Å². The van der Waals surface area contributed by atoms with Crippen LogP contribution in [0.3, 0.4) is 0 Å². The maximum atomic E-state index is 13.1. The van der Waals surface area contributed by atoms with Crippen molar-refractivity contribution in [3.8, 4) is 5.75 Å². The predicted octanol–water partition coefficient (Wildman–Crippen LogP) is 2.72. The molecule has 2 fully saturated rings. The Hall–Kier alpha value is -2.17. The molecule has 4 rings (SSSR count). The van der Waals surface area contributed by atoms with Gasteiger partial charge in [0.1, 0.15) is 0 Å². The molecule has 2 aromatic rings. The maximum Gasteiger partial charge on any atom is 0.456 e. The van der Waals surface area contributed by atoms with Crippen molar-refractivity contribution >= 4 is 11.6 Å². The van der Waals surface area contributed by atoms with Crippen LogP contribution < -0.4 is 15.4 Å². The van der Waals surface area contributed by atoms with Gasteiger partial charge in [0.15, 0.2) is 18.0 Å². The number of anilines is 1. The molecule has 2 aliphatic rings. The number of nitrogens with zero attached hydrogens (tertiary/aromatic N) is 3. The zero-order chi connectivity index (χ0) is 19.2. The van der Waals surface area contributed by atoms with E-state index in [1.165, 1.54) is 22.8 Å². The van der Waals surface area contributed by atoms with E-state index in [0.717, 1.165) is 25.9 Å². The summed E-state index contributed by atoms with van der Waals surface area (Å²) in [5, 5.41) is 10.9. The first-order valence-corrected chi connectivity index (χ1v) is 8.64. The molecule has 0 spiro atoms. The molecular weight excluding hydrogens is 373 g/mol. The molecule has 11 heteroatoms. The highest BCUT2D eigenvalue weighted by atomic mass is 19.4. The molecule has 1 aliphatic carbocycles. The minimum Gasteiger partial charge on any atom is -0.483 e. The molecular formula is C16H18F5N5O. The fourth-order valence-corrected chi connectivity index (χ4v) is 3.77. The molecule has 3 heterocycles. The summed E-state index contributed by atoms with van der Waals surface area (Å²) < 4.78 is 69.2. The zero-order valence-corrected chi connectivity index (χ0v) is 14.1. The topological polar surface area (TPSA) is 63.5 Å². The van der Waals surface area contributed by atoms with Crippen LogP contribution in [0.15, 0.2) is 18.3 Å². The van der Waals surface area contributed by atoms with Crippen molar-refractivity contribution in [2.45, 2.75) is 31.0 Å². The van der Waals surface area contributed by atoms with Crippen LogP contribution >= 0.6 is 0 Å². The van der Waals surface area contributed by atoms with Gasteiger partial charge in [0, 0.05) is 12.2 Å². The Balaban J connectivity index is 1.52. The van der Waals surface area contributed by atoms with Crippen LogP contribution in [0, 0.1) is 11.8 Å². The fraction of sp³-hybridized carbons (Fsp3) is 0.625. The van der Waals surface area contributed by atoms with Gasteiger partial charge in [0.05, 0.1) is 0 Å². The Morgan fingerprint density at radius 2 is 1.89 bits per heavy atom. The highest BCUT2D eigenvalue weighted by Crippen LogP contribution is 2.37. The first kappa shape index (κ1) is 18.2. The minimum atomic E-state index is -5.67. The highest BCUT2D eigenvalue weighted by molar-refractivity contribution is 5.55. The lowest BCUT2D eigenvalue weighted by Crippen LogP contribution is -2.45. The third-order valence-corrected chi connectivity index (χ3v) is 5.18. The maximum absolute atomic E-state index is 13.1. The van der Waals surface area contributed by atoms with Crippen molar-refractivity contribution in [3.63, 3.8) is 0 Å². The van der Waals surface area contributed by atoms with E-state index in [-0.39, 0.29) is 17.4 Å². The average Bonchev–Trinajstić information content (AvgIpc) is 3.08. The van der Waals surface area contributed by atoms with Crippen molar-refractivity contribution in [2.75, 3.05) is 25.0 Å². The molecule has 0 radical (unpaired) electrons. The van der Waals surface area contributed by atoms with Gasteiger partial charge >= 0.3 is 12.1 Å². The highest BCUT2D eigenvalue weighted by Gasteiger charge is 2.58. The van der Waals surface area contributed by atoms with Crippen LogP contribution in [0.4, 0.5) is 27.9 Å². The Bertz CT molecular complexity index is 807. The van der Waals surface area contributed by atoms with Gasteiger partial charge in [-0.15, -0.1) is 5.10 Å².